The first-order chi connectivity index (χ1) is 13.7. The van der Waals surface area contributed by atoms with Crippen LogP contribution in [0.1, 0.15) is 110 Å². The third-order valence-corrected chi connectivity index (χ3v) is 4.75. The first kappa shape index (κ1) is 29.3. The van der Waals surface area contributed by atoms with Crippen molar-refractivity contribution in [3.63, 3.8) is 0 Å². The minimum absolute atomic E-state index is 0.152. The Kier molecular flexibility index (Phi) is 29.7. The van der Waals surface area contributed by atoms with Crippen LogP contribution in [-0.4, -0.2) is 38.0 Å². The van der Waals surface area contributed by atoms with Gasteiger partial charge in [0.15, 0.2) is 0 Å². The van der Waals surface area contributed by atoms with Gasteiger partial charge in [-0.1, -0.05) is 110 Å². The van der Waals surface area contributed by atoms with Crippen molar-refractivity contribution in [2.75, 3.05) is 26.9 Å². The lowest BCUT2D eigenvalue weighted by Gasteiger charge is -2.04. The third-order valence-electron chi connectivity index (χ3n) is 4.75. The summed E-state index contributed by atoms with van der Waals surface area (Å²) in [4.78, 5) is 9.84. The second-order valence-corrected chi connectivity index (χ2v) is 7.37. The maximum absolute atomic E-state index is 9.84. The fourth-order valence-corrected chi connectivity index (χ4v) is 3.00. The van der Waals surface area contributed by atoms with Gasteiger partial charge < -0.3 is 14.6 Å². The standard InChI is InChI=1S/C20H42O2.C4H6O2/c1-2-3-4-5-6-7-8-9-10-11-12-13-14-15-16-17-19-22-20-18-21;1-3-4(5)6-2/h21H,2-20H2,1H3;3H,1H2,2H3. The average Bonchev–Trinajstić information content (AvgIpc) is 2.72. The summed E-state index contributed by atoms with van der Waals surface area (Å²) in [6, 6.07) is 0. The molecule has 0 rings (SSSR count). The number of hydrogen-bond acceptors (Lipinski definition) is 4. The van der Waals surface area contributed by atoms with Crippen molar-refractivity contribution in [3.8, 4) is 0 Å². The molecule has 0 aliphatic carbocycles. The van der Waals surface area contributed by atoms with Crippen LogP contribution in [0, 0.1) is 0 Å². The number of rotatable bonds is 20. The molecule has 0 atom stereocenters. The molecule has 0 spiro atoms. The molecular weight excluding hydrogens is 352 g/mol. The number of esters is 1. The van der Waals surface area contributed by atoms with Gasteiger partial charge in [-0.15, -0.1) is 0 Å². The molecule has 0 unspecified atom stereocenters. The van der Waals surface area contributed by atoms with E-state index >= 15 is 0 Å². The molecule has 0 fully saturated rings. The molecule has 0 saturated carbocycles. The van der Waals surface area contributed by atoms with Crippen molar-refractivity contribution in [1.82, 2.24) is 0 Å². The average molecular weight is 401 g/mol. The van der Waals surface area contributed by atoms with Crippen LogP contribution in [0.4, 0.5) is 0 Å². The molecule has 0 aromatic rings. The number of aliphatic hydroxyl groups excluding tert-OH is 1. The number of ether oxygens (including phenoxy) is 2. The van der Waals surface area contributed by atoms with Gasteiger partial charge in [0.2, 0.25) is 0 Å². The monoisotopic (exact) mass is 400 g/mol. The summed E-state index contributed by atoms with van der Waals surface area (Å²) >= 11 is 0. The lowest BCUT2D eigenvalue weighted by Crippen LogP contribution is -2.00. The van der Waals surface area contributed by atoms with Crippen LogP contribution >= 0.6 is 0 Å². The van der Waals surface area contributed by atoms with Crippen molar-refractivity contribution >= 4 is 5.97 Å². The summed E-state index contributed by atoms with van der Waals surface area (Å²) < 4.78 is 9.39. The van der Waals surface area contributed by atoms with E-state index in [9.17, 15) is 4.79 Å². The maximum Gasteiger partial charge on any atom is 0.329 e. The van der Waals surface area contributed by atoms with Gasteiger partial charge in [-0.2, -0.15) is 0 Å². The lowest BCUT2D eigenvalue weighted by molar-refractivity contribution is -0.134. The quantitative estimate of drug-likeness (QED) is 0.142. The highest BCUT2D eigenvalue weighted by molar-refractivity contribution is 5.80. The van der Waals surface area contributed by atoms with Crippen LogP contribution in [-0.2, 0) is 14.3 Å². The van der Waals surface area contributed by atoms with Crippen molar-refractivity contribution in [2.24, 2.45) is 0 Å². The molecule has 0 aliphatic rings. The molecule has 4 nitrogen and oxygen atoms in total. The van der Waals surface area contributed by atoms with Crippen LogP contribution in [0.2, 0.25) is 0 Å². The molecule has 0 bridgehead atoms. The number of unbranched alkanes of at least 4 members (excludes halogenated alkanes) is 15. The largest absolute Gasteiger partial charge is 0.466 e. The summed E-state index contributed by atoms with van der Waals surface area (Å²) in [6.07, 6.45) is 23.5. The van der Waals surface area contributed by atoms with E-state index < -0.39 is 5.97 Å². The van der Waals surface area contributed by atoms with Gasteiger partial charge in [-0.25, -0.2) is 4.79 Å². The zero-order chi connectivity index (χ0) is 21.1. The second-order valence-electron chi connectivity index (χ2n) is 7.37. The Hall–Kier alpha value is -0.870. The summed E-state index contributed by atoms with van der Waals surface area (Å²) in [5.41, 5.74) is 0. The fourth-order valence-electron chi connectivity index (χ4n) is 3.00. The Morgan fingerprint density at radius 1 is 0.750 bits per heavy atom. The SMILES string of the molecule is C=CC(=O)OC.CCCCCCCCCCCCCCCCCCOCCO. The molecule has 0 aromatic heterocycles. The summed E-state index contributed by atoms with van der Waals surface area (Å²) in [5.74, 6) is -0.394. The van der Waals surface area contributed by atoms with E-state index in [1.807, 2.05) is 0 Å². The van der Waals surface area contributed by atoms with Crippen molar-refractivity contribution in [1.29, 1.82) is 0 Å². The number of methoxy groups -OCH3 is 1. The van der Waals surface area contributed by atoms with E-state index in [4.69, 9.17) is 9.84 Å². The lowest BCUT2D eigenvalue weighted by atomic mass is 10.0. The first-order valence-corrected chi connectivity index (χ1v) is 11.6. The molecule has 4 heteroatoms. The Balaban J connectivity index is 0. The van der Waals surface area contributed by atoms with Gasteiger partial charge in [0.05, 0.1) is 20.3 Å². The molecule has 168 valence electrons. The van der Waals surface area contributed by atoms with E-state index in [0.29, 0.717) is 6.61 Å². The summed E-state index contributed by atoms with van der Waals surface area (Å²) in [5, 5.41) is 8.58. The normalized spacial score (nSPS) is 10.2. The molecule has 28 heavy (non-hydrogen) atoms. The molecule has 0 aliphatic heterocycles. The highest BCUT2D eigenvalue weighted by Crippen LogP contribution is 2.13. The van der Waals surface area contributed by atoms with Gasteiger partial charge >= 0.3 is 5.97 Å². The van der Waals surface area contributed by atoms with Gasteiger partial charge in [-0.3, -0.25) is 0 Å². The molecule has 1 N–H and O–H groups in total. The third kappa shape index (κ3) is 29.9. The number of hydrogen-bond donors (Lipinski definition) is 1. The molecular formula is C24H48O4. The highest BCUT2D eigenvalue weighted by atomic mass is 16.5. The van der Waals surface area contributed by atoms with E-state index in [-0.39, 0.29) is 6.61 Å². The summed E-state index contributed by atoms with van der Waals surface area (Å²) in [7, 11) is 1.31. The smallest absolute Gasteiger partial charge is 0.329 e. The van der Waals surface area contributed by atoms with Crippen molar-refractivity contribution in [3.05, 3.63) is 12.7 Å². The fraction of sp³-hybridized carbons (Fsp3) is 0.875. The molecule has 0 amide bonds. The Labute approximate surface area is 175 Å². The van der Waals surface area contributed by atoms with E-state index in [2.05, 4.69) is 18.2 Å². The van der Waals surface area contributed by atoms with Gasteiger partial charge in [0, 0.05) is 12.7 Å². The molecule has 0 saturated heterocycles. The van der Waals surface area contributed by atoms with Crippen LogP contribution in [0.15, 0.2) is 12.7 Å². The minimum atomic E-state index is -0.394. The number of carbonyl (C=O) groups is 1. The van der Waals surface area contributed by atoms with E-state index in [0.717, 1.165) is 19.1 Å². The molecule has 0 aromatic carbocycles. The van der Waals surface area contributed by atoms with Crippen LogP contribution in [0.3, 0.4) is 0 Å². The van der Waals surface area contributed by atoms with Crippen LogP contribution < -0.4 is 0 Å². The van der Waals surface area contributed by atoms with Gasteiger partial charge in [-0.05, 0) is 6.42 Å². The van der Waals surface area contributed by atoms with Crippen LogP contribution in [0.25, 0.3) is 0 Å². The number of carbonyl (C=O) groups excluding carboxylic acids is 1. The predicted octanol–water partition coefficient (Wildman–Crippen LogP) is 6.60. The van der Waals surface area contributed by atoms with Crippen molar-refractivity contribution < 1.29 is 19.4 Å². The Bertz CT molecular complexity index is 285. The molecule has 0 heterocycles. The van der Waals surface area contributed by atoms with Crippen molar-refractivity contribution in [2.45, 2.75) is 110 Å². The van der Waals surface area contributed by atoms with Gasteiger partial charge in [0.1, 0.15) is 0 Å². The topological polar surface area (TPSA) is 55.8 Å². The first-order valence-electron chi connectivity index (χ1n) is 11.6. The Morgan fingerprint density at radius 2 is 1.14 bits per heavy atom. The van der Waals surface area contributed by atoms with E-state index in [1.54, 1.807) is 0 Å². The maximum atomic E-state index is 9.84. The second kappa shape index (κ2) is 28.3. The van der Waals surface area contributed by atoms with E-state index in [1.165, 1.54) is 103 Å². The molecule has 0 radical (unpaired) electrons. The predicted molar refractivity (Wildman–Crippen MR) is 120 cm³/mol. The number of aliphatic hydroxyl groups is 1. The minimum Gasteiger partial charge on any atom is -0.466 e. The highest BCUT2D eigenvalue weighted by Gasteiger charge is 1.94. The van der Waals surface area contributed by atoms with Crippen LogP contribution in [0.5, 0.6) is 0 Å². The van der Waals surface area contributed by atoms with Gasteiger partial charge in [0.25, 0.3) is 0 Å². The Morgan fingerprint density at radius 3 is 1.43 bits per heavy atom. The zero-order valence-corrected chi connectivity index (χ0v) is 18.9. The summed E-state index contributed by atoms with van der Waals surface area (Å²) in [6.45, 7) is 6.91. The zero-order valence-electron chi connectivity index (χ0n) is 18.9.